The van der Waals surface area contributed by atoms with Gasteiger partial charge in [-0.2, -0.15) is 4.31 Å². The Morgan fingerprint density at radius 2 is 2.05 bits per heavy atom. The van der Waals surface area contributed by atoms with Gasteiger partial charge in [0.2, 0.25) is 10.0 Å². The molecule has 20 heavy (non-hydrogen) atoms. The van der Waals surface area contributed by atoms with Crippen LogP contribution in [0.3, 0.4) is 0 Å². The standard InChI is InChI=1S/C15H19NO3S/c1-2-13-9-10-16(12-13)20(18,19)15-7-5-14(6-8-15)4-3-11-17/h5-8,13,17H,2,9-12H2,1H3. The van der Waals surface area contributed by atoms with Gasteiger partial charge in [-0.15, -0.1) is 0 Å². The molecule has 1 aromatic carbocycles. The highest BCUT2D eigenvalue weighted by Crippen LogP contribution is 2.25. The zero-order valence-electron chi connectivity index (χ0n) is 11.5. The van der Waals surface area contributed by atoms with Crippen LogP contribution in [0.1, 0.15) is 25.3 Å². The van der Waals surface area contributed by atoms with Gasteiger partial charge in [0.1, 0.15) is 6.61 Å². The van der Waals surface area contributed by atoms with Gasteiger partial charge in [0.15, 0.2) is 0 Å². The lowest BCUT2D eigenvalue weighted by Gasteiger charge is -2.16. The van der Waals surface area contributed by atoms with Gasteiger partial charge in [-0.05, 0) is 36.6 Å². The third-order valence-corrected chi connectivity index (χ3v) is 5.51. The summed E-state index contributed by atoms with van der Waals surface area (Å²) in [7, 11) is -3.38. The first-order chi connectivity index (χ1) is 9.57. The van der Waals surface area contributed by atoms with E-state index in [-0.39, 0.29) is 6.61 Å². The molecule has 0 spiro atoms. The van der Waals surface area contributed by atoms with Crippen LogP contribution in [-0.4, -0.2) is 37.5 Å². The lowest BCUT2D eigenvalue weighted by atomic mass is 10.1. The first-order valence-electron chi connectivity index (χ1n) is 6.78. The molecule has 1 heterocycles. The highest BCUT2D eigenvalue weighted by atomic mass is 32.2. The fraction of sp³-hybridized carbons (Fsp3) is 0.467. The Labute approximate surface area is 120 Å². The van der Waals surface area contributed by atoms with Crippen molar-refractivity contribution in [3.8, 4) is 11.8 Å². The molecule has 1 aliphatic rings. The van der Waals surface area contributed by atoms with Gasteiger partial charge < -0.3 is 5.11 Å². The molecule has 1 N–H and O–H groups in total. The van der Waals surface area contributed by atoms with Crippen molar-refractivity contribution in [2.45, 2.75) is 24.7 Å². The Hall–Kier alpha value is -1.35. The molecule has 1 aromatic rings. The van der Waals surface area contributed by atoms with Gasteiger partial charge in [0.25, 0.3) is 0 Å². The van der Waals surface area contributed by atoms with Crippen LogP contribution in [0, 0.1) is 17.8 Å². The molecule has 1 saturated heterocycles. The minimum absolute atomic E-state index is 0.202. The maximum absolute atomic E-state index is 12.5. The highest BCUT2D eigenvalue weighted by molar-refractivity contribution is 7.89. The number of hydrogen-bond donors (Lipinski definition) is 1. The molecule has 0 aliphatic carbocycles. The minimum atomic E-state index is -3.38. The molecule has 1 fully saturated rings. The summed E-state index contributed by atoms with van der Waals surface area (Å²) >= 11 is 0. The molecule has 0 saturated carbocycles. The van der Waals surface area contributed by atoms with Crippen molar-refractivity contribution < 1.29 is 13.5 Å². The van der Waals surface area contributed by atoms with Crippen molar-refractivity contribution in [1.29, 1.82) is 0 Å². The van der Waals surface area contributed by atoms with Gasteiger partial charge in [-0.3, -0.25) is 0 Å². The molecule has 0 bridgehead atoms. The molecule has 0 radical (unpaired) electrons. The number of sulfonamides is 1. The van der Waals surface area contributed by atoms with Crippen LogP contribution in [0.25, 0.3) is 0 Å². The van der Waals surface area contributed by atoms with Crippen LogP contribution in [-0.2, 0) is 10.0 Å². The zero-order chi connectivity index (χ0) is 14.6. The Morgan fingerprint density at radius 3 is 2.60 bits per heavy atom. The molecule has 1 aliphatic heterocycles. The van der Waals surface area contributed by atoms with E-state index in [1.165, 1.54) is 0 Å². The Morgan fingerprint density at radius 1 is 1.35 bits per heavy atom. The molecule has 108 valence electrons. The monoisotopic (exact) mass is 293 g/mol. The van der Waals surface area contributed by atoms with E-state index in [1.807, 2.05) is 0 Å². The van der Waals surface area contributed by atoms with Crippen molar-refractivity contribution in [2.24, 2.45) is 5.92 Å². The first kappa shape index (κ1) is 15.0. The molecular weight excluding hydrogens is 274 g/mol. The van der Waals surface area contributed by atoms with Gasteiger partial charge >= 0.3 is 0 Å². The topological polar surface area (TPSA) is 57.6 Å². The van der Waals surface area contributed by atoms with E-state index in [0.717, 1.165) is 12.8 Å². The molecule has 5 heteroatoms. The number of rotatable bonds is 3. The number of hydrogen-bond acceptors (Lipinski definition) is 3. The van der Waals surface area contributed by atoms with E-state index in [0.29, 0.717) is 29.5 Å². The largest absolute Gasteiger partial charge is 0.384 e. The molecule has 0 amide bonds. The predicted octanol–water partition coefficient (Wildman–Crippen LogP) is 1.45. The molecular formula is C15H19NO3S. The van der Waals surface area contributed by atoms with E-state index in [2.05, 4.69) is 18.8 Å². The average Bonchev–Trinajstić information content (AvgIpc) is 2.95. The molecule has 2 rings (SSSR count). The highest BCUT2D eigenvalue weighted by Gasteiger charge is 2.31. The number of nitrogens with zero attached hydrogens (tertiary/aromatic N) is 1. The molecule has 1 atom stereocenters. The fourth-order valence-electron chi connectivity index (χ4n) is 2.35. The maximum atomic E-state index is 12.5. The van der Waals surface area contributed by atoms with Crippen molar-refractivity contribution in [1.82, 2.24) is 4.31 Å². The SMILES string of the molecule is CCC1CCN(S(=O)(=O)c2ccc(C#CCO)cc2)C1. The maximum Gasteiger partial charge on any atom is 0.243 e. The number of aliphatic hydroxyl groups excluding tert-OH is 1. The third kappa shape index (κ3) is 3.21. The van der Waals surface area contributed by atoms with Gasteiger partial charge in [-0.1, -0.05) is 25.2 Å². The third-order valence-electron chi connectivity index (χ3n) is 3.63. The Bertz CT molecular complexity index is 611. The summed E-state index contributed by atoms with van der Waals surface area (Å²) < 4.78 is 26.5. The zero-order valence-corrected chi connectivity index (χ0v) is 12.4. The van der Waals surface area contributed by atoms with Gasteiger partial charge in [-0.25, -0.2) is 8.42 Å². The smallest absolute Gasteiger partial charge is 0.243 e. The first-order valence-corrected chi connectivity index (χ1v) is 8.22. The summed E-state index contributed by atoms with van der Waals surface area (Å²) in [5, 5.41) is 8.63. The number of benzene rings is 1. The van der Waals surface area contributed by atoms with E-state index >= 15 is 0 Å². The van der Waals surface area contributed by atoms with E-state index in [1.54, 1.807) is 28.6 Å². The predicted molar refractivity (Wildman–Crippen MR) is 77.6 cm³/mol. The van der Waals surface area contributed by atoms with E-state index in [4.69, 9.17) is 5.11 Å². The minimum Gasteiger partial charge on any atom is -0.384 e. The Balaban J connectivity index is 2.18. The van der Waals surface area contributed by atoms with Crippen LogP contribution in [0.4, 0.5) is 0 Å². The average molecular weight is 293 g/mol. The fourth-order valence-corrected chi connectivity index (χ4v) is 3.88. The quantitative estimate of drug-likeness (QED) is 0.858. The summed E-state index contributed by atoms with van der Waals surface area (Å²) in [5.74, 6) is 5.76. The second-order valence-electron chi connectivity index (χ2n) is 4.91. The lowest BCUT2D eigenvalue weighted by molar-refractivity contribution is 0.350. The van der Waals surface area contributed by atoms with Crippen molar-refractivity contribution >= 4 is 10.0 Å². The Kier molecular flexibility index (Phi) is 4.81. The second kappa shape index (κ2) is 6.40. The van der Waals surface area contributed by atoms with Crippen LogP contribution in [0.2, 0.25) is 0 Å². The van der Waals surface area contributed by atoms with E-state index < -0.39 is 10.0 Å². The summed E-state index contributed by atoms with van der Waals surface area (Å²) in [6, 6.07) is 6.50. The van der Waals surface area contributed by atoms with Crippen LogP contribution in [0.15, 0.2) is 29.2 Å². The number of aliphatic hydroxyl groups is 1. The summed E-state index contributed by atoms with van der Waals surface area (Å²) in [6.45, 7) is 3.11. The summed E-state index contributed by atoms with van der Waals surface area (Å²) in [4.78, 5) is 0.309. The van der Waals surface area contributed by atoms with Gasteiger partial charge in [0, 0.05) is 18.7 Å². The van der Waals surface area contributed by atoms with Gasteiger partial charge in [0.05, 0.1) is 4.90 Å². The van der Waals surface area contributed by atoms with Crippen LogP contribution in [0.5, 0.6) is 0 Å². The van der Waals surface area contributed by atoms with E-state index in [9.17, 15) is 8.42 Å². The van der Waals surface area contributed by atoms with Crippen molar-refractivity contribution in [2.75, 3.05) is 19.7 Å². The molecule has 0 aromatic heterocycles. The van der Waals surface area contributed by atoms with Crippen LogP contribution < -0.4 is 0 Å². The summed E-state index contributed by atoms with van der Waals surface area (Å²) in [5.41, 5.74) is 0.700. The second-order valence-corrected chi connectivity index (χ2v) is 6.85. The normalized spacial score (nSPS) is 19.6. The van der Waals surface area contributed by atoms with Crippen LogP contribution >= 0.6 is 0 Å². The summed E-state index contributed by atoms with van der Waals surface area (Å²) in [6.07, 6.45) is 1.96. The lowest BCUT2D eigenvalue weighted by Crippen LogP contribution is -2.28. The van der Waals surface area contributed by atoms with Crippen molar-refractivity contribution in [3.05, 3.63) is 29.8 Å². The van der Waals surface area contributed by atoms with Crippen molar-refractivity contribution in [3.63, 3.8) is 0 Å². The molecule has 4 nitrogen and oxygen atoms in total. The molecule has 1 unspecified atom stereocenters.